The molecule has 0 fully saturated rings. The summed E-state index contributed by atoms with van der Waals surface area (Å²) in [5.74, 6) is -0.526. The van der Waals surface area contributed by atoms with Gasteiger partial charge in [0.2, 0.25) is 5.91 Å². The van der Waals surface area contributed by atoms with Gasteiger partial charge in [0.15, 0.2) is 0 Å². The number of nitrogens with one attached hydrogen (secondary N) is 2. The zero-order chi connectivity index (χ0) is 12.8. The van der Waals surface area contributed by atoms with Crippen molar-refractivity contribution in [3.63, 3.8) is 0 Å². The van der Waals surface area contributed by atoms with Gasteiger partial charge < -0.3 is 16.4 Å². The minimum absolute atomic E-state index is 0.0908. The summed E-state index contributed by atoms with van der Waals surface area (Å²) >= 11 is 5.66. The van der Waals surface area contributed by atoms with E-state index in [0.717, 1.165) is 0 Å². The number of carbonyl (C=O) groups is 2. The van der Waals surface area contributed by atoms with Crippen LogP contribution in [-0.4, -0.2) is 29.9 Å². The van der Waals surface area contributed by atoms with Crippen LogP contribution in [0.4, 0.5) is 5.82 Å². The SMILES string of the molecule is CCNC(=O)CNC(=O)c1cc(N)nc(Cl)c1. The lowest BCUT2D eigenvalue weighted by Gasteiger charge is -2.06. The molecule has 0 aromatic carbocycles. The van der Waals surface area contributed by atoms with Gasteiger partial charge in [-0.15, -0.1) is 0 Å². The molecule has 1 aromatic heterocycles. The lowest BCUT2D eigenvalue weighted by molar-refractivity contribution is -0.120. The lowest BCUT2D eigenvalue weighted by Crippen LogP contribution is -2.36. The Kier molecular flexibility index (Phi) is 4.71. The zero-order valence-electron chi connectivity index (χ0n) is 9.29. The van der Waals surface area contributed by atoms with Crippen LogP contribution in [0.15, 0.2) is 12.1 Å². The van der Waals surface area contributed by atoms with E-state index in [1.807, 2.05) is 0 Å². The van der Waals surface area contributed by atoms with Gasteiger partial charge in [0.05, 0.1) is 6.54 Å². The minimum Gasteiger partial charge on any atom is -0.384 e. The maximum atomic E-state index is 11.6. The van der Waals surface area contributed by atoms with Gasteiger partial charge in [-0.25, -0.2) is 4.98 Å². The highest BCUT2D eigenvalue weighted by Gasteiger charge is 2.09. The predicted molar refractivity (Wildman–Crippen MR) is 64.7 cm³/mol. The molecule has 0 saturated carbocycles. The molecule has 1 heterocycles. The van der Waals surface area contributed by atoms with Crippen molar-refractivity contribution in [1.82, 2.24) is 15.6 Å². The van der Waals surface area contributed by atoms with Gasteiger partial charge in [-0.3, -0.25) is 9.59 Å². The van der Waals surface area contributed by atoms with Gasteiger partial charge in [0.25, 0.3) is 5.91 Å². The standard InChI is InChI=1S/C10H13ClN4O2/c1-2-13-9(16)5-14-10(17)6-3-7(11)15-8(12)4-6/h3-4H,2,5H2,1H3,(H2,12,15)(H,13,16)(H,14,17). The topological polar surface area (TPSA) is 97.1 Å². The van der Waals surface area contributed by atoms with Crippen LogP contribution in [-0.2, 0) is 4.79 Å². The number of carbonyl (C=O) groups excluding carboxylic acids is 2. The molecule has 6 nitrogen and oxygen atoms in total. The fraction of sp³-hybridized carbons (Fsp3) is 0.300. The van der Waals surface area contributed by atoms with Gasteiger partial charge >= 0.3 is 0 Å². The Morgan fingerprint density at radius 1 is 1.41 bits per heavy atom. The van der Waals surface area contributed by atoms with Gasteiger partial charge in [-0.1, -0.05) is 11.6 Å². The molecule has 0 atom stereocenters. The second-order valence-corrected chi connectivity index (χ2v) is 3.63. The summed E-state index contributed by atoms with van der Waals surface area (Å²) in [7, 11) is 0. The molecule has 7 heteroatoms. The largest absolute Gasteiger partial charge is 0.384 e. The number of hydrogen-bond donors (Lipinski definition) is 3. The van der Waals surface area contributed by atoms with E-state index in [1.165, 1.54) is 12.1 Å². The predicted octanol–water partition coefficient (Wildman–Crippen LogP) is 0.183. The molecule has 0 aliphatic carbocycles. The number of nitrogen functional groups attached to an aromatic ring is 1. The number of nitrogens with zero attached hydrogens (tertiary/aromatic N) is 1. The molecule has 0 bridgehead atoms. The lowest BCUT2D eigenvalue weighted by atomic mass is 10.2. The number of likely N-dealkylation sites (N-methyl/N-ethyl adjacent to an activating group) is 1. The smallest absolute Gasteiger partial charge is 0.251 e. The van der Waals surface area contributed by atoms with Crippen LogP contribution in [0.2, 0.25) is 5.15 Å². The van der Waals surface area contributed by atoms with Crippen molar-refractivity contribution in [2.24, 2.45) is 0 Å². The first-order valence-corrected chi connectivity index (χ1v) is 5.38. The summed E-state index contributed by atoms with van der Waals surface area (Å²) in [6.45, 7) is 2.22. The third kappa shape index (κ3) is 4.28. The normalized spacial score (nSPS) is 9.76. The fourth-order valence-corrected chi connectivity index (χ4v) is 1.39. The van der Waals surface area contributed by atoms with Crippen molar-refractivity contribution in [2.45, 2.75) is 6.92 Å². The average molecular weight is 257 g/mol. The van der Waals surface area contributed by atoms with E-state index in [9.17, 15) is 9.59 Å². The fourth-order valence-electron chi connectivity index (χ4n) is 1.17. The zero-order valence-corrected chi connectivity index (χ0v) is 10.0. The summed E-state index contributed by atoms with van der Waals surface area (Å²) in [4.78, 5) is 26.5. The second kappa shape index (κ2) is 6.05. The van der Waals surface area contributed by atoms with E-state index < -0.39 is 5.91 Å². The van der Waals surface area contributed by atoms with Gasteiger partial charge in [-0.05, 0) is 19.1 Å². The molecule has 1 rings (SSSR count). The van der Waals surface area contributed by atoms with E-state index in [1.54, 1.807) is 6.92 Å². The highest BCUT2D eigenvalue weighted by atomic mass is 35.5. The molecule has 0 radical (unpaired) electrons. The molecule has 1 aromatic rings. The van der Waals surface area contributed by atoms with Crippen LogP contribution in [0.1, 0.15) is 17.3 Å². The Morgan fingerprint density at radius 2 is 2.12 bits per heavy atom. The van der Waals surface area contributed by atoms with Crippen LogP contribution < -0.4 is 16.4 Å². The Hall–Kier alpha value is -1.82. The van der Waals surface area contributed by atoms with Crippen LogP contribution >= 0.6 is 11.6 Å². The molecule has 2 amide bonds. The van der Waals surface area contributed by atoms with Gasteiger partial charge in [-0.2, -0.15) is 0 Å². The van der Waals surface area contributed by atoms with Gasteiger partial charge in [0.1, 0.15) is 11.0 Å². The maximum absolute atomic E-state index is 11.6. The molecule has 0 saturated heterocycles. The maximum Gasteiger partial charge on any atom is 0.251 e. The third-order valence-electron chi connectivity index (χ3n) is 1.86. The minimum atomic E-state index is -0.424. The number of pyridine rings is 1. The molecule has 0 aliphatic heterocycles. The van der Waals surface area contributed by atoms with Crippen molar-refractivity contribution in [3.05, 3.63) is 22.8 Å². The molecule has 0 aliphatic rings. The van der Waals surface area contributed by atoms with Crippen molar-refractivity contribution < 1.29 is 9.59 Å². The Labute approximate surface area is 104 Å². The average Bonchev–Trinajstić information content (AvgIpc) is 2.25. The van der Waals surface area contributed by atoms with E-state index in [2.05, 4.69) is 15.6 Å². The molecule has 4 N–H and O–H groups in total. The summed E-state index contributed by atoms with van der Waals surface area (Å²) in [6, 6.07) is 2.77. The molecule has 0 unspecified atom stereocenters. The highest BCUT2D eigenvalue weighted by molar-refractivity contribution is 6.29. The highest BCUT2D eigenvalue weighted by Crippen LogP contribution is 2.11. The first-order chi connectivity index (χ1) is 8.02. The van der Waals surface area contributed by atoms with Crippen LogP contribution in [0, 0.1) is 0 Å². The van der Waals surface area contributed by atoms with E-state index in [-0.39, 0.29) is 29.0 Å². The third-order valence-corrected chi connectivity index (χ3v) is 2.05. The monoisotopic (exact) mass is 256 g/mol. The summed E-state index contributed by atoms with van der Waals surface area (Å²) < 4.78 is 0. The molecule has 92 valence electrons. The number of aromatic nitrogens is 1. The second-order valence-electron chi connectivity index (χ2n) is 3.24. The molecular formula is C10H13ClN4O2. The number of halogens is 1. The first-order valence-electron chi connectivity index (χ1n) is 5.01. The number of anilines is 1. The van der Waals surface area contributed by atoms with Crippen molar-refractivity contribution in [2.75, 3.05) is 18.8 Å². The Balaban J connectivity index is 2.61. The summed E-state index contributed by atoms with van der Waals surface area (Å²) in [6.07, 6.45) is 0. The Morgan fingerprint density at radius 3 is 2.71 bits per heavy atom. The quantitative estimate of drug-likeness (QED) is 0.670. The Bertz CT molecular complexity index is 416. The number of hydrogen-bond acceptors (Lipinski definition) is 4. The van der Waals surface area contributed by atoms with E-state index in [0.29, 0.717) is 6.54 Å². The number of nitrogens with two attached hydrogens (primary N) is 1. The first kappa shape index (κ1) is 13.2. The van der Waals surface area contributed by atoms with Crippen molar-refractivity contribution >= 4 is 29.2 Å². The van der Waals surface area contributed by atoms with Crippen molar-refractivity contribution in [3.8, 4) is 0 Å². The van der Waals surface area contributed by atoms with Crippen LogP contribution in [0.5, 0.6) is 0 Å². The van der Waals surface area contributed by atoms with Crippen LogP contribution in [0.3, 0.4) is 0 Å². The summed E-state index contributed by atoms with van der Waals surface area (Å²) in [5.41, 5.74) is 5.72. The van der Waals surface area contributed by atoms with Crippen molar-refractivity contribution in [1.29, 1.82) is 0 Å². The number of amides is 2. The number of rotatable bonds is 4. The molecular weight excluding hydrogens is 244 g/mol. The summed E-state index contributed by atoms with van der Waals surface area (Å²) in [5, 5.41) is 5.14. The molecule has 17 heavy (non-hydrogen) atoms. The van der Waals surface area contributed by atoms with Gasteiger partial charge in [0, 0.05) is 12.1 Å². The van der Waals surface area contributed by atoms with E-state index in [4.69, 9.17) is 17.3 Å². The van der Waals surface area contributed by atoms with Crippen LogP contribution in [0.25, 0.3) is 0 Å². The van der Waals surface area contributed by atoms with E-state index >= 15 is 0 Å². The molecule has 0 spiro atoms.